The van der Waals surface area contributed by atoms with Gasteiger partial charge in [-0.25, -0.2) is 0 Å². The molecular weight excluding hydrogens is 362 g/mol. The lowest BCUT2D eigenvalue weighted by Gasteiger charge is -2.39. The highest BCUT2D eigenvalue weighted by molar-refractivity contribution is 5.78. The average molecular weight is 398 g/mol. The Labute approximate surface area is 175 Å². The largest absolute Gasteiger partial charge is 0.339 e. The Kier molecular flexibility index (Phi) is 7.65. The van der Waals surface area contributed by atoms with E-state index in [0.29, 0.717) is 12.5 Å². The van der Waals surface area contributed by atoms with Crippen LogP contribution in [0.25, 0.3) is 0 Å². The third-order valence-electron chi connectivity index (χ3n) is 6.30. The number of amides is 1. The van der Waals surface area contributed by atoms with Crippen LogP contribution in [0.2, 0.25) is 0 Å². The maximum absolute atomic E-state index is 12.8. The van der Waals surface area contributed by atoms with E-state index in [4.69, 9.17) is 0 Å². The van der Waals surface area contributed by atoms with Crippen LogP contribution >= 0.6 is 0 Å². The molecule has 1 aromatic rings. The van der Waals surface area contributed by atoms with E-state index in [0.717, 1.165) is 58.9 Å². The predicted molar refractivity (Wildman–Crippen MR) is 115 cm³/mol. The van der Waals surface area contributed by atoms with E-state index < -0.39 is 0 Å². The average Bonchev–Trinajstić information content (AvgIpc) is 2.72. The number of nitriles is 1. The molecule has 0 aromatic heterocycles. The zero-order chi connectivity index (χ0) is 20.8. The summed E-state index contributed by atoms with van der Waals surface area (Å²) < 4.78 is 0. The summed E-state index contributed by atoms with van der Waals surface area (Å²) in [6, 6.07) is 11.0. The van der Waals surface area contributed by atoms with Crippen molar-refractivity contribution in [3.8, 4) is 6.07 Å². The minimum atomic E-state index is -0.0193. The molecule has 0 bridgehead atoms. The number of nitrogens with zero attached hydrogens (tertiary/aromatic N) is 5. The Balaban J connectivity index is 1.40. The van der Waals surface area contributed by atoms with Crippen molar-refractivity contribution in [3.63, 3.8) is 0 Å². The third kappa shape index (κ3) is 5.79. The van der Waals surface area contributed by atoms with Crippen molar-refractivity contribution < 1.29 is 4.79 Å². The van der Waals surface area contributed by atoms with Crippen molar-refractivity contribution in [1.82, 2.24) is 19.6 Å². The maximum Gasteiger partial charge on any atom is 0.236 e. The standard InChI is InChI=1S/C23H35N5O/c1-19(2)22(16-24)27-12-8-26(9-13-27)18-23(29)28-14-10-25(11-15-28)17-21-7-5-4-6-20(21)3/h4-7,19,22H,8-15,17-18H2,1-3H3/t22-/m1/s1. The van der Waals surface area contributed by atoms with Crippen molar-refractivity contribution in [2.45, 2.75) is 33.4 Å². The van der Waals surface area contributed by atoms with Gasteiger partial charge in [-0.05, 0) is 24.0 Å². The highest BCUT2D eigenvalue weighted by atomic mass is 16.2. The second-order valence-corrected chi connectivity index (χ2v) is 8.71. The van der Waals surface area contributed by atoms with Gasteiger partial charge in [0.1, 0.15) is 6.04 Å². The van der Waals surface area contributed by atoms with Crippen LogP contribution in [0.5, 0.6) is 0 Å². The minimum absolute atomic E-state index is 0.0193. The van der Waals surface area contributed by atoms with Gasteiger partial charge in [0.25, 0.3) is 0 Å². The molecule has 0 saturated carbocycles. The fraction of sp³-hybridized carbons (Fsp3) is 0.652. The van der Waals surface area contributed by atoms with Crippen LogP contribution in [0.4, 0.5) is 0 Å². The van der Waals surface area contributed by atoms with E-state index in [1.165, 1.54) is 11.1 Å². The number of rotatable bonds is 6. The molecule has 0 unspecified atom stereocenters. The minimum Gasteiger partial charge on any atom is -0.339 e. The van der Waals surface area contributed by atoms with E-state index in [9.17, 15) is 10.1 Å². The van der Waals surface area contributed by atoms with Crippen LogP contribution in [0, 0.1) is 24.2 Å². The molecule has 3 rings (SSSR count). The number of carbonyl (C=O) groups excluding carboxylic acids is 1. The SMILES string of the molecule is Cc1ccccc1CN1CCN(C(=O)CN2CCN([C@H](C#N)C(C)C)CC2)CC1. The Morgan fingerprint density at radius 1 is 1.00 bits per heavy atom. The number of aryl methyl sites for hydroxylation is 1. The van der Waals surface area contributed by atoms with Crippen molar-refractivity contribution in [3.05, 3.63) is 35.4 Å². The summed E-state index contributed by atoms with van der Waals surface area (Å²) in [5.41, 5.74) is 2.71. The highest BCUT2D eigenvalue weighted by Crippen LogP contribution is 2.15. The molecule has 1 atom stereocenters. The monoisotopic (exact) mass is 397 g/mol. The van der Waals surface area contributed by atoms with Gasteiger partial charge >= 0.3 is 0 Å². The summed E-state index contributed by atoms with van der Waals surface area (Å²) in [7, 11) is 0. The smallest absolute Gasteiger partial charge is 0.236 e. The van der Waals surface area contributed by atoms with Crippen molar-refractivity contribution in [2.24, 2.45) is 5.92 Å². The van der Waals surface area contributed by atoms with Crippen LogP contribution in [0.15, 0.2) is 24.3 Å². The Hall–Kier alpha value is -1.94. The van der Waals surface area contributed by atoms with Crippen molar-refractivity contribution in [1.29, 1.82) is 5.26 Å². The number of benzene rings is 1. The zero-order valence-electron chi connectivity index (χ0n) is 18.2. The Morgan fingerprint density at radius 2 is 1.62 bits per heavy atom. The molecule has 158 valence electrons. The summed E-state index contributed by atoms with van der Waals surface area (Å²) >= 11 is 0. The summed E-state index contributed by atoms with van der Waals surface area (Å²) in [5.74, 6) is 0.582. The van der Waals surface area contributed by atoms with Gasteiger partial charge in [-0.3, -0.25) is 19.5 Å². The van der Waals surface area contributed by atoms with E-state index in [1.54, 1.807) is 0 Å². The summed E-state index contributed by atoms with van der Waals surface area (Å²) in [6.07, 6.45) is 0. The van der Waals surface area contributed by atoms with E-state index in [2.05, 4.69) is 65.8 Å². The molecular formula is C23H35N5O. The molecule has 6 nitrogen and oxygen atoms in total. The highest BCUT2D eigenvalue weighted by Gasteiger charge is 2.28. The van der Waals surface area contributed by atoms with Gasteiger partial charge in [0, 0.05) is 58.9 Å². The van der Waals surface area contributed by atoms with E-state index >= 15 is 0 Å². The van der Waals surface area contributed by atoms with Gasteiger partial charge in [0.05, 0.1) is 12.6 Å². The van der Waals surface area contributed by atoms with Crippen LogP contribution in [0.3, 0.4) is 0 Å². The Morgan fingerprint density at radius 3 is 2.21 bits per heavy atom. The van der Waals surface area contributed by atoms with E-state index in [1.807, 2.05) is 4.90 Å². The first kappa shape index (κ1) is 21.8. The molecule has 0 spiro atoms. The molecule has 6 heteroatoms. The first-order chi connectivity index (χ1) is 14.0. The quantitative estimate of drug-likeness (QED) is 0.733. The summed E-state index contributed by atoms with van der Waals surface area (Å²) in [4.78, 5) is 21.7. The van der Waals surface area contributed by atoms with Crippen molar-refractivity contribution in [2.75, 3.05) is 58.9 Å². The van der Waals surface area contributed by atoms with Gasteiger partial charge < -0.3 is 4.90 Å². The lowest BCUT2D eigenvalue weighted by molar-refractivity contribution is -0.134. The predicted octanol–water partition coefficient (Wildman–Crippen LogP) is 1.81. The molecule has 0 N–H and O–H groups in total. The van der Waals surface area contributed by atoms with Gasteiger partial charge in [-0.15, -0.1) is 0 Å². The molecule has 0 aliphatic carbocycles. The summed E-state index contributed by atoms with van der Waals surface area (Å²) in [5, 5.41) is 9.39. The van der Waals surface area contributed by atoms with Gasteiger partial charge in [-0.2, -0.15) is 5.26 Å². The second-order valence-electron chi connectivity index (χ2n) is 8.71. The van der Waals surface area contributed by atoms with Gasteiger partial charge in [0.2, 0.25) is 5.91 Å². The Bertz CT molecular complexity index is 712. The first-order valence-electron chi connectivity index (χ1n) is 10.9. The zero-order valence-corrected chi connectivity index (χ0v) is 18.2. The molecule has 29 heavy (non-hydrogen) atoms. The van der Waals surface area contributed by atoms with Gasteiger partial charge in [-0.1, -0.05) is 38.1 Å². The molecule has 0 radical (unpaired) electrons. The molecule has 2 heterocycles. The van der Waals surface area contributed by atoms with Crippen LogP contribution < -0.4 is 0 Å². The topological polar surface area (TPSA) is 53.8 Å². The lowest BCUT2D eigenvalue weighted by Crippen LogP contribution is -2.55. The fourth-order valence-electron chi connectivity index (χ4n) is 4.33. The van der Waals surface area contributed by atoms with E-state index in [-0.39, 0.29) is 11.9 Å². The molecule has 2 fully saturated rings. The molecule has 1 aromatic carbocycles. The number of piperazine rings is 2. The number of hydrogen-bond acceptors (Lipinski definition) is 5. The fourth-order valence-corrected chi connectivity index (χ4v) is 4.33. The van der Waals surface area contributed by atoms with Crippen LogP contribution in [0.1, 0.15) is 25.0 Å². The number of carbonyl (C=O) groups is 1. The van der Waals surface area contributed by atoms with Crippen LogP contribution in [-0.4, -0.2) is 90.5 Å². The van der Waals surface area contributed by atoms with Gasteiger partial charge in [0.15, 0.2) is 0 Å². The molecule has 2 aliphatic rings. The van der Waals surface area contributed by atoms with Crippen LogP contribution in [-0.2, 0) is 11.3 Å². The second kappa shape index (κ2) is 10.2. The molecule has 2 aliphatic heterocycles. The number of hydrogen-bond donors (Lipinski definition) is 0. The summed E-state index contributed by atoms with van der Waals surface area (Å²) in [6.45, 7) is 14.8. The first-order valence-corrected chi connectivity index (χ1v) is 10.9. The normalized spacial score (nSPS) is 20.6. The molecule has 2 saturated heterocycles. The lowest BCUT2D eigenvalue weighted by atomic mass is 10.0. The third-order valence-corrected chi connectivity index (χ3v) is 6.30. The maximum atomic E-state index is 12.8. The van der Waals surface area contributed by atoms with Crippen molar-refractivity contribution >= 4 is 5.91 Å². The molecule has 1 amide bonds.